The predicted molar refractivity (Wildman–Crippen MR) is 67.3 cm³/mol. The standard InChI is InChI=1S/C13H16N2O2/c1-9-13(12(17)8-14-6-7-16)10-4-2-3-5-11(10)15-9/h2-5,14-16H,6-8H2,1H3. The fourth-order valence-electron chi connectivity index (χ4n) is 2.01. The lowest BCUT2D eigenvalue weighted by Gasteiger charge is -2.02. The zero-order valence-electron chi connectivity index (χ0n) is 9.79. The van der Waals surface area contributed by atoms with Crippen LogP contribution < -0.4 is 5.32 Å². The summed E-state index contributed by atoms with van der Waals surface area (Å²) >= 11 is 0. The van der Waals surface area contributed by atoms with Crippen molar-refractivity contribution in [2.45, 2.75) is 6.92 Å². The van der Waals surface area contributed by atoms with E-state index < -0.39 is 0 Å². The van der Waals surface area contributed by atoms with Crippen LogP contribution in [0.5, 0.6) is 0 Å². The van der Waals surface area contributed by atoms with Gasteiger partial charge in [-0.3, -0.25) is 4.79 Å². The van der Waals surface area contributed by atoms with Gasteiger partial charge in [0.1, 0.15) is 0 Å². The maximum atomic E-state index is 12.1. The van der Waals surface area contributed by atoms with Crippen LogP contribution in [0.2, 0.25) is 0 Å². The molecule has 0 unspecified atom stereocenters. The first-order valence-electron chi connectivity index (χ1n) is 5.66. The van der Waals surface area contributed by atoms with Crippen LogP contribution in [0, 0.1) is 6.92 Å². The summed E-state index contributed by atoms with van der Waals surface area (Å²) in [6, 6.07) is 7.77. The fraction of sp³-hybridized carbons (Fsp3) is 0.308. The highest BCUT2D eigenvalue weighted by Crippen LogP contribution is 2.21. The number of H-pyrrole nitrogens is 1. The molecule has 0 saturated heterocycles. The second kappa shape index (κ2) is 5.12. The molecule has 0 bridgehead atoms. The second-order valence-corrected chi connectivity index (χ2v) is 3.99. The molecule has 0 aliphatic heterocycles. The van der Waals surface area contributed by atoms with E-state index in [1.807, 2.05) is 31.2 Å². The Kier molecular flexibility index (Phi) is 3.56. The number of aromatic amines is 1. The summed E-state index contributed by atoms with van der Waals surface area (Å²) < 4.78 is 0. The summed E-state index contributed by atoms with van der Waals surface area (Å²) in [7, 11) is 0. The van der Waals surface area contributed by atoms with Gasteiger partial charge in [0.15, 0.2) is 5.78 Å². The van der Waals surface area contributed by atoms with E-state index in [4.69, 9.17) is 5.11 Å². The van der Waals surface area contributed by atoms with Crippen LogP contribution in [-0.2, 0) is 0 Å². The number of carbonyl (C=O) groups excluding carboxylic acids is 1. The fourth-order valence-corrected chi connectivity index (χ4v) is 2.01. The number of aliphatic hydroxyl groups excluding tert-OH is 1. The Labute approximate surface area is 99.7 Å². The van der Waals surface area contributed by atoms with Gasteiger partial charge >= 0.3 is 0 Å². The minimum atomic E-state index is 0.0418. The van der Waals surface area contributed by atoms with E-state index in [0.29, 0.717) is 6.54 Å². The van der Waals surface area contributed by atoms with Crippen molar-refractivity contribution < 1.29 is 9.90 Å². The third-order valence-electron chi connectivity index (χ3n) is 2.75. The molecule has 17 heavy (non-hydrogen) atoms. The lowest BCUT2D eigenvalue weighted by Crippen LogP contribution is -2.26. The van der Waals surface area contributed by atoms with Crippen LogP contribution in [0.4, 0.5) is 0 Å². The zero-order chi connectivity index (χ0) is 12.3. The number of aromatic nitrogens is 1. The number of Topliss-reactive ketones (excluding diaryl/α,β-unsaturated/α-hetero) is 1. The molecule has 0 aliphatic carbocycles. The minimum absolute atomic E-state index is 0.0418. The van der Waals surface area contributed by atoms with Crippen LogP contribution in [0.1, 0.15) is 16.1 Å². The highest BCUT2D eigenvalue weighted by atomic mass is 16.3. The summed E-state index contributed by atoms with van der Waals surface area (Å²) in [5, 5.41) is 12.5. The Hall–Kier alpha value is -1.65. The predicted octanol–water partition coefficient (Wildman–Crippen LogP) is 1.24. The molecule has 1 aromatic carbocycles. The van der Waals surface area contributed by atoms with Gasteiger partial charge in [-0.05, 0) is 13.0 Å². The number of carbonyl (C=O) groups is 1. The molecule has 0 amide bonds. The SMILES string of the molecule is Cc1[nH]c2ccccc2c1C(=O)CNCCO. The molecule has 1 aromatic heterocycles. The van der Waals surface area contributed by atoms with Crippen molar-refractivity contribution in [1.29, 1.82) is 0 Å². The maximum Gasteiger partial charge on any atom is 0.179 e. The van der Waals surface area contributed by atoms with Crippen molar-refractivity contribution >= 4 is 16.7 Å². The first kappa shape index (κ1) is 11.8. The Morgan fingerprint density at radius 1 is 1.41 bits per heavy atom. The van der Waals surface area contributed by atoms with Gasteiger partial charge in [0.05, 0.1) is 13.2 Å². The number of aryl methyl sites for hydroxylation is 1. The van der Waals surface area contributed by atoms with E-state index in [2.05, 4.69) is 10.3 Å². The monoisotopic (exact) mass is 232 g/mol. The lowest BCUT2D eigenvalue weighted by atomic mass is 10.1. The number of para-hydroxylation sites is 1. The second-order valence-electron chi connectivity index (χ2n) is 3.99. The molecule has 4 heteroatoms. The molecule has 0 saturated carbocycles. The number of nitrogens with one attached hydrogen (secondary N) is 2. The molecule has 3 N–H and O–H groups in total. The van der Waals surface area contributed by atoms with E-state index >= 15 is 0 Å². The number of ketones is 1. The van der Waals surface area contributed by atoms with Crippen molar-refractivity contribution in [2.24, 2.45) is 0 Å². The van der Waals surface area contributed by atoms with Gasteiger partial charge in [-0.2, -0.15) is 0 Å². The van der Waals surface area contributed by atoms with Crippen LogP contribution in [-0.4, -0.2) is 35.6 Å². The lowest BCUT2D eigenvalue weighted by molar-refractivity contribution is 0.0990. The van der Waals surface area contributed by atoms with Crippen molar-refractivity contribution in [3.8, 4) is 0 Å². The van der Waals surface area contributed by atoms with Crippen LogP contribution >= 0.6 is 0 Å². The maximum absolute atomic E-state index is 12.1. The average Bonchev–Trinajstić information content (AvgIpc) is 2.65. The third-order valence-corrected chi connectivity index (χ3v) is 2.75. The molecule has 2 rings (SSSR count). The highest BCUT2D eigenvalue weighted by Gasteiger charge is 2.14. The van der Waals surface area contributed by atoms with Crippen molar-refractivity contribution in [2.75, 3.05) is 19.7 Å². The van der Waals surface area contributed by atoms with E-state index in [-0.39, 0.29) is 18.9 Å². The number of fused-ring (bicyclic) bond motifs is 1. The number of benzene rings is 1. The average molecular weight is 232 g/mol. The summed E-state index contributed by atoms with van der Waals surface area (Å²) in [6.45, 7) is 2.63. The molecule has 90 valence electrons. The van der Waals surface area contributed by atoms with Gasteiger partial charge in [-0.1, -0.05) is 18.2 Å². The van der Waals surface area contributed by atoms with Gasteiger partial charge in [0.25, 0.3) is 0 Å². The van der Waals surface area contributed by atoms with E-state index in [0.717, 1.165) is 22.2 Å². The molecule has 2 aromatic rings. The molecule has 0 spiro atoms. The molecule has 0 radical (unpaired) electrons. The van der Waals surface area contributed by atoms with Crippen molar-refractivity contribution in [3.05, 3.63) is 35.5 Å². The first-order chi connectivity index (χ1) is 8.24. The molecule has 0 atom stereocenters. The van der Waals surface area contributed by atoms with Gasteiger partial charge in [-0.15, -0.1) is 0 Å². The molecule has 0 fully saturated rings. The summed E-state index contributed by atoms with van der Waals surface area (Å²) in [4.78, 5) is 15.3. The van der Waals surface area contributed by atoms with Gasteiger partial charge in [0.2, 0.25) is 0 Å². The van der Waals surface area contributed by atoms with Crippen molar-refractivity contribution in [1.82, 2.24) is 10.3 Å². The summed E-state index contributed by atoms with van der Waals surface area (Å²) in [5.41, 5.74) is 2.61. The highest BCUT2D eigenvalue weighted by molar-refractivity contribution is 6.10. The first-order valence-corrected chi connectivity index (χ1v) is 5.66. The van der Waals surface area contributed by atoms with Crippen molar-refractivity contribution in [3.63, 3.8) is 0 Å². The third kappa shape index (κ3) is 2.38. The van der Waals surface area contributed by atoms with Gasteiger partial charge < -0.3 is 15.4 Å². The van der Waals surface area contributed by atoms with Crippen LogP contribution in [0.3, 0.4) is 0 Å². The number of rotatable bonds is 5. The number of aliphatic hydroxyl groups is 1. The van der Waals surface area contributed by atoms with E-state index in [1.165, 1.54) is 0 Å². The molecule has 0 aliphatic rings. The van der Waals surface area contributed by atoms with E-state index in [1.54, 1.807) is 0 Å². The Morgan fingerprint density at radius 3 is 2.94 bits per heavy atom. The Bertz CT molecular complexity index is 531. The quantitative estimate of drug-likeness (QED) is 0.537. The summed E-state index contributed by atoms with van der Waals surface area (Å²) in [6.07, 6.45) is 0. The molecule has 1 heterocycles. The molecular weight excluding hydrogens is 216 g/mol. The zero-order valence-corrected chi connectivity index (χ0v) is 9.79. The molecule has 4 nitrogen and oxygen atoms in total. The van der Waals surface area contributed by atoms with Crippen LogP contribution in [0.25, 0.3) is 10.9 Å². The minimum Gasteiger partial charge on any atom is -0.395 e. The Balaban J connectivity index is 2.28. The smallest absolute Gasteiger partial charge is 0.179 e. The van der Waals surface area contributed by atoms with E-state index in [9.17, 15) is 4.79 Å². The molecular formula is C13H16N2O2. The number of hydrogen-bond acceptors (Lipinski definition) is 3. The Morgan fingerprint density at radius 2 is 2.18 bits per heavy atom. The van der Waals surface area contributed by atoms with Gasteiger partial charge in [-0.25, -0.2) is 0 Å². The normalized spacial score (nSPS) is 10.9. The number of hydrogen-bond donors (Lipinski definition) is 3. The largest absolute Gasteiger partial charge is 0.395 e. The summed E-state index contributed by atoms with van der Waals surface area (Å²) in [5.74, 6) is 0.0494. The topological polar surface area (TPSA) is 65.1 Å². The van der Waals surface area contributed by atoms with Gasteiger partial charge in [0, 0.05) is 28.7 Å². The van der Waals surface area contributed by atoms with Crippen LogP contribution in [0.15, 0.2) is 24.3 Å².